The zero-order valence-corrected chi connectivity index (χ0v) is 20.3. The zero-order chi connectivity index (χ0) is 25.5. The minimum atomic E-state index is -0.272. The first kappa shape index (κ1) is 24.5. The summed E-state index contributed by atoms with van der Waals surface area (Å²) >= 11 is 0. The molecule has 0 fully saturated rings. The van der Waals surface area contributed by atoms with Crippen molar-refractivity contribution in [2.75, 3.05) is 32.7 Å². The van der Waals surface area contributed by atoms with E-state index in [1.165, 1.54) is 0 Å². The molecule has 0 bridgehead atoms. The molecule has 1 aromatic heterocycles. The Morgan fingerprint density at radius 2 is 1.64 bits per heavy atom. The molecule has 4 aromatic rings. The van der Waals surface area contributed by atoms with Crippen LogP contribution in [0.3, 0.4) is 0 Å². The lowest BCUT2D eigenvalue weighted by Gasteiger charge is -2.13. The monoisotopic (exact) mass is 485 g/mol. The number of amides is 2. The number of hydrogen-bond acceptors (Lipinski definition) is 6. The second kappa shape index (κ2) is 11.2. The van der Waals surface area contributed by atoms with Gasteiger partial charge in [-0.25, -0.2) is 4.98 Å². The smallest absolute Gasteiger partial charge is 0.257 e. The fourth-order valence-electron chi connectivity index (χ4n) is 3.74. The lowest BCUT2D eigenvalue weighted by atomic mass is 10.0. The summed E-state index contributed by atoms with van der Waals surface area (Å²) in [6.45, 7) is 2.32. The summed E-state index contributed by atoms with van der Waals surface area (Å²) in [5.74, 6) is 1.25. The van der Waals surface area contributed by atoms with Crippen LogP contribution in [0.15, 0.2) is 72.8 Å². The third-order valence-electron chi connectivity index (χ3n) is 5.50. The van der Waals surface area contributed by atoms with Crippen LogP contribution in [0.2, 0.25) is 0 Å². The van der Waals surface area contributed by atoms with Crippen LogP contribution in [0.25, 0.3) is 22.2 Å². The number of carbonyl (C=O) groups excluding carboxylic acids is 2. The number of hydrogen-bond donors (Lipinski definition) is 2. The molecule has 8 heteroatoms. The highest BCUT2D eigenvalue weighted by atomic mass is 16.5. The first-order valence-electron chi connectivity index (χ1n) is 11.5. The number of carbonyl (C=O) groups is 2. The van der Waals surface area contributed by atoms with Crippen molar-refractivity contribution in [3.63, 3.8) is 0 Å². The van der Waals surface area contributed by atoms with Crippen molar-refractivity contribution in [1.82, 2.24) is 10.3 Å². The van der Waals surface area contributed by atoms with Crippen molar-refractivity contribution in [3.05, 3.63) is 78.4 Å². The van der Waals surface area contributed by atoms with Gasteiger partial charge in [-0.3, -0.25) is 9.59 Å². The summed E-state index contributed by atoms with van der Waals surface area (Å²) < 4.78 is 16.2. The van der Waals surface area contributed by atoms with Crippen LogP contribution in [0.1, 0.15) is 17.3 Å². The van der Waals surface area contributed by atoms with Gasteiger partial charge in [0.15, 0.2) is 18.1 Å². The van der Waals surface area contributed by atoms with Gasteiger partial charge in [-0.1, -0.05) is 18.2 Å². The lowest BCUT2D eigenvalue weighted by molar-refractivity contribution is -0.122. The zero-order valence-electron chi connectivity index (χ0n) is 20.3. The molecule has 0 atom stereocenters. The molecule has 184 valence electrons. The van der Waals surface area contributed by atoms with Gasteiger partial charge in [0, 0.05) is 23.2 Å². The molecule has 0 spiro atoms. The second-order valence-electron chi connectivity index (χ2n) is 7.86. The molecule has 1 heterocycles. The summed E-state index contributed by atoms with van der Waals surface area (Å²) in [5.41, 5.74) is 3.21. The number of rotatable bonds is 9. The van der Waals surface area contributed by atoms with Crippen LogP contribution in [0.5, 0.6) is 17.2 Å². The lowest BCUT2D eigenvalue weighted by Crippen LogP contribution is -2.28. The minimum absolute atomic E-state index is 0.0680. The standard InChI is InChI=1S/C28H27N3O5/c1-4-29-27(32)17-36-20-12-10-19(11-13-20)30-28(33)22-16-24(31-23-8-6-5-7-21(22)23)18-9-14-25(34-2)26(15-18)35-3/h5-16H,4,17H2,1-3H3,(H,29,32)(H,30,33). The van der Waals surface area contributed by atoms with E-state index >= 15 is 0 Å². The van der Waals surface area contributed by atoms with Crippen LogP contribution < -0.4 is 24.8 Å². The molecule has 3 aromatic carbocycles. The molecule has 4 rings (SSSR count). The molecule has 0 aliphatic rings. The normalized spacial score (nSPS) is 10.5. The highest BCUT2D eigenvalue weighted by Crippen LogP contribution is 2.33. The Labute approximate surface area is 209 Å². The molecule has 0 radical (unpaired) electrons. The van der Waals surface area contributed by atoms with E-state index in [4.69, 9.17) is 19.2 Å². The van der Waals surface area contributed by atoms with Gasteiger partial charge in [-0.05, 0) is 61.5 Å². The molecule has 0 saturated heterocycles. The van der Waals surface area contributed by atoms with E-state index in [1.54, 1.807) is 50.6 Å². The quantitative estimate of drug-likeness (QED) is 0.357. The number of aromatic nitrogens is 1. The summed E-state index contributed by atoms with van der Waals surface area (Å²) in [4.78, 5) is 29.7. The van der Waals surface area contributed by atoms with E-state index < -0.39 is 0 Å². The summed E-state index contributed by atoms with van der Waals surface area (Å²) in [5, 5.41) is 6.35. The summed E-state index contributed by atoms with van der Waals surface area (Å²) in [6, 6.07) is 21.6. The van der Waals surface area contributed by atoms with Crippen molar-refractivity contribution in [2.24, 2.45) is 0 Å². The number of likely N-dealkylation sites (N-methyl/N-ethyl adjacent to an activating group) is 1. The van der Waals surface area contributed by atoms with E-state index in [0.717, 1.165) is 10.9 Å². The Morgan fingerprint density at radius 3 is 2.36 bits per heavy atom. The Balaban J connectivity index is 1.60. The largest absolute Gasteiger partial charge is 0.493 e. The molecule has 0 aliphatic heterocycles. The van der Waals surface area contributed by atoms with Crippen LogP contribution in [0.4, 0.5) is 5.69 Å². The van der Waals surface area contributed by atoms with E-state index in [0.29, 0.717) is 46.3 Å². The SMILES string of the molecule is CCNC(=O)COc1ccc(NC(=O)c2cc(-c3ccc(OC)c(OC)c3)nc3ccccc23)cc1. The first-order chi connectivity index (χ1) is 17.5. The third kappa shape index (κ3) is 5.55. The number of benzene rings is 3. The topological polar surface area (TPSA) is 98.8 Å². The predicted octanol–water partition coefficient (Wildman–Crippen LogP) is 4.69. The number of anilines is 1. The Kier molecular flexibility index (Phi) is 7.65. The van der Waals surface area contributed by atoms with Crippen molar-refractivity contribution in [3.8, 4) is 28.5 Å². The molecular formula is C28H27N3O5. The molecule has 36 heavy (non-hydrogen) atoms. The third-order valence-corrected chi connectivity index (χ3v) is 5.50. The van der Waals surface area contributed by atoms with Crippen molar-refractivity contribution in [2.45, 2.75) is 6.92 Å². The fraction of sp³-hybridized carbons (Fsp3) is 0.179. The van der Waals surface area contributed by atoms with Crippen LogP contribution in [-0.4, -0.2) is 44.2 Å². The predicted molar refractivity (Wildman–Crippen MR) is 139 cm³/mol. The van der Waals surface area contributed by atoms with Gasteiger partial charge in [0.05, 0.1) is 31.0 Å². The number of nitrogens with zero attached hydrogens (tertiary/aromatic N) is 1. The maximum absolute atomic E-state index is 13.3. The van der Waals surface area contributed by atoms with E-state index in [1.807, 2.05) is 43.3 Å². The highest BCUT2D eigenvalue weighted by molar-refractivity contribution is 6.13. The van der Waals surface area contributed by atoms with Gasteiger partial charge in [0.1, 0.15) is 5.75 Å². The minimum Gasteiger partial charge on any atom is -0.493 e. The van der Waals surface area contributed by atoms with Gasteiger partial charge in [0.25, 0.3) is 11.8 Å². The Hall–Kier alpha value is -4.59. The van der Waals surface area contributed by atoms with Gasteiger partial charge < -0.3 is 24.8 Å². The maximum Gasteiger partial charge on any atom is 0.257 e. The molecule has 8 nitrogen and oxygen atoms in total. The first-order valence-corrected chi connectivity index (χ1v) is 11.5. The van der Waals surface area contributed by atoms with Gasteiger partial charge >= 0.3 is 0 Å². The molecule has 2 amide bonds. The van der Waals surface area contributed by atoms with Crippen LogP contribution >= 0.6 is 0 Å². The number of fused-ring (bicyclic) bond motifs is 1. The van der Waals surface area contributed by atoms with Crippen molar-refractivity contribution in [1.29, 1.82) is 0 Å². The number of para-hydroxylation sites is 1. The Bertz CT molecular complexity index is 1390. The number of methoxy groups -OCH3 is 2. The van der Waals surface area contributed by atoms with Crippen LogP contribution in [-0.2, 0) is 4.79 Å². The number of pyridine rings is 1. The van der Waals surface area contributed by atoms with Gasteiger partial charge in [-0.2, -0.15) is 0 Å². The van der Waals surface area contributed by atoms with Gasteiger partial charge in [0.2, 0.25) is 0 Å². The Morgan fingerprint density at radius 1 is 0.889 bits per heavy atom. The van der Waals surface area contributed by atoms with E-state index in [2.05, 4.69) is 10.6 Å². The number of ether oxygens (including phenoxy) is 3. The molecule has 0 aliphatic carbocycles. The van der Waals surface area contributed by atoms with E-state index in [9.17, 15) is 9.59 Å². The average molecular weight is 486 g/mol. The van der Waals surface area contributed by atoms with Gasteiger partial charge in [-0.15, -0.1) is 0 Å². The average Bonchev–Trinajstić information content (AvgIpc) is 2.91. The summed E-state index contributed by atoms with van der Waals surface area (Å²) in [7, 11) is 3.15. The highest BCUT2D eigenvalue weighted by Gasteiger charge is 2.16. The second-order valence-corrected chi connectivity index (χ2v) is 7.86. The molecular weight excluding hydrogens is 458 g/mol. The van der Waals surface area contributed by atoms with E-state index in [-0.39, 0.29) is 18.4 Å². The van der Waals surface area contributed by atoms with Crippen molar-refractivity contribution >= 4 is 28.4 Å². The molecule has 2 N–H and O–H groups in total. The molecule has 0 saturated carbocycles. The molecule has 0 unspecified atom stereocenters. The number of nitrogens with one attached hydrogen (secondary N) is 2. The summed E-state index contributed by atoms with van der Waals surface area (Å²) in [6.07, 6.45) is 0. The fourth-order valence-corrected chi connectivity index (χ4v) is 3.74. The van der Waals surface area contributed by atoms with Crippen molar-refractivity contribution < 1.29 is 23.8 Å². The van der Waals surface area contributed by atoms with Crippen LogP contribution in [0, 0.1) is 0 Å². The maximum atomic E-state index is 13.3.